The van der Waals surface area contributed by atoms with Gasteiger partial charge in [0.1, 0.15) is 0 Å². The van der Waals surface area contributed by atoms with E-state index in [-0.39, 0.29) is 10.6 Å². The molecule has 0 radical (unpaired) electrons. The van der Waals surface area contributed by atoms with Gasteiger partial charge in [-0.2, -0.15) is 5.10 Å². The van der Waals surface area contributed by atoms with Crippen LogP contribution >= 0.6 is 0 Å². The lowest BCUT2D eigenvalue weighted by molar-refractivity contribution is -0.384. The van der Waals surface area contributed by atoms with Gasteiger partial charge in [-0.1, -0.05) is 6.42 Å². The molecule has 3 rings (SSSR count). The lowest BCUT2D eigenvalue weighted by atomic mass is 10.0. The molecule has 7 heteroatoms. The number of nitro benzene ring substituents is 1. The Balaban J connectivity index is 1.46. The number of unbranched alkanes of at least 4 members (excludes halogenated alkanes) is 1. The molecule has 152 valence electrons. The van der Waals surface area contributed by atoms with Gasteiger partial charge in [-0.05, 0) is 64.4 Å². The fourth-order valence-electron chi connectivity index (χ4n) is 3.93. The van der Waals surface area contributed by atoms with E-state index in [1.54, 1.807) is 16.8 Å². The van der Waals surface area contributed by atoms with Crippen LogP contribution in [-0.4, -0.2) is 45.3 Å². The van der Waals surface area contributed by atoms with Gasteiger partial charge in [0.05, 0.1) is 10.6 Å². The lowest BCUT2D eigenvalue weighted by Crippen LogP contribution is -2.38. The summed E-state index contributed by atoms with van der Waals surface area (Å²) in [5, 5.41) is 18.9. The Morgan fingerprint density at radius 1 is 1.25 bits per heavy atom. The maximum atomic E-state index is 10.8. The number of benzene rings is 1. The van der Waals surface area contributed by atoms with E-state index in [9.17, 15) is 10.1 Å². The van der Waals surface area contributed by atoms with E-state index in [4.69, 9.17) is 0 Å². The second-order valence-electron chi connectivity index (χ2n) is 7.75. The Kier molecular flexibility index (Phi) is 7.17. The van der Waals surface area contributed by atoms with Gasteiger partial charge in [0.25, 0.3) is 5.69 Å². The van der Waals surface area contributed by atoms with Crippen LogP contribution in [0.1, 0.15) is 44.6 Å². The Labute approximate surface area is 166 Å². The minimum atomic E-state index is -0.380. The second-order valence-corrected chi connectivity index (χ2v) is 7.75. The molecule has 0 bridgehead atoms. The predicted octanol–water partition coefficient (Wildman–Crippen LogP) is 3.74. The highest BCUT2D eigenvalue weighted by atomic mass is 16.6. The number of rotatable bonds is 9. The summed E-state index contributed by atoms with van der Waals surface area (Å²) in [7, 11) is 1.90. The van der Waals surface area contributed by atoms with E-state index in [2.05, 4.69) is 22.2 Å². The third-order valence-corrected chi connectivity index (χ3v) is 5.56. The molecule has 1 aliphatic heterocycles. The summed E-state index contributed by atoms with van der Waals surface area (Å²) in [6.45, 7) is 6.53. The number of nitro groups is 1. The summed E-state index contributed by atoms with van der Waals surface area (Å²) < 4.78 is 1.80. The van der Waals surface area contributed by atoms with E-state index >= 15 is 0 Å². The highest BCUT2D eigenvalue weighted by molar-refractivity contribution is 5.64. The molecule has 1 atom stereocenters. The maximum absolute atomic E-state index is 10.8. The molecule has 1 saturated heterocycles. The third kappa shape index (κ3) is 5.39. The van der Waals surface area contributed by atoms with Gasteiger partial charge in [-0.15, -0.1) is 0 Å². The van der Waals surface area contributed by atoms with Crippen LogP contribution in [0.25, 0.3) is 11.3 Å². The average Bonchev–Trinajstić information content (AvgIpc) is 3.06. The van der Waals surface area contributed by atoms with E-state index in [0.29, 0.717) is 0 Å². The SMILES string of the molecule is CC1CCCCN1CCCCNCc1cn(C)nc1-c1ccc([N+](=O)[O-])cc1. The van der Waals surface area contributed by atoms with Crippen LogP contribution in [0.15, 0.2) is 30.5 Å². The number of hydrogen-bond acceptors (Lipinski definition) is 5. The van der Waals surface area contributed by atoms with Gasteiger partial charge < -0.3 is 10.2 Å². The van der Waals surface area contributed by atoms with Crippen molar-refractivity contribution >= 4 is 5.69 Å². The summed E-state index contributed by atoms with van der Waals surface area (Å²) in [5.74, 6) is 0. The summed E-state index contributed by atoms with van der Waals surface area (Å²) in [4.78, 5) is 13.1. The smallest absolute Gasteiger partial charge is 0.269 e. The number of non-ortho nitro benzene ring substituents is 1. The number of nitrogens with zero attached hydrogens (tertiary/aromatic N) is 4. The molecule has 1 aromatic heterocycles. The zero-order valence-electron chi connectivity index (χ0n) is 16.9. The number of aromatic nitrogens is 2. The standard InChI is InChI=1S/C21H31N5O2/c1-17-7-3-5-13-25(17)14-6-4-12-22-15-19-16-24(2)23-21(19)18-8-10-20(11-9-18)26(27)28/h8-11,16-17,22H,3-7,12-15H2,1-2H3. The van der Waals surface area contributed by atoms with Crippen LogP contribution in [0, 0.1) is 10.1 Å². The number of likely N-dealkylation sites (tertiary alicyclic amines) is 1. The van der Waals surface area contributed by atoms with Crippen molar-refractivity contribution < 1.29 is 4.92 Å². The van der Waals surface area contributed by atoms with Crippen molar-refractivity contribution in [1.29, 1.82) is 0 Å². The fraction of sp³-hybridized carbons (Fsp3) is 0.571. The highest BCUT2D eigenvalue weighted by Crippen LogP contribution is 2.24. The predicted molar refractivity (Wildman–Crippen MR) is 111 cm³/mol. The van der Waals surface area contributed by atoms with E-state index in [1.807, 2.05) is 13.2 Å². The normalized spacial score (nSPS) is 17.7. The molecule has 0 amide bonds. The average molecular weight is 386 g/mol. The largest absolute Gasteiger partial charge is 0.313 e. The van der Waals surface area contributed by atoms with Crippen LogP contribution in [0.5, 0.6) is 0 Å². The van der Waals surface area contributed by atoms with Gasteiger partial charge in [0, 0.05) is 49.1 Å². The van der Waals surface area contributed by atoms with Gasteiger partial charge in [0.15, 0.2) is 0 Å². The molecule has 2 aromatic rings. The van der Waals surface area contributed by atoms with Crippen molar-refractivity contribution in [2.75, 3.05) is 19.6 Å². The van der Waals surface area contributed by atoms with Crippen LogP contribution in [-0.2, 0) is 13.6 Å². The molecular weight excluding hydrogens is 354 g/mol. The number of piperidine rings is 1. The molecule has 2 heterocycles. The first-order chi connectivity index (χ1) is 13.5. The second kappa shape index (κ2) is 9.80. The van der Waals surface area contributed by atoms with Gasteiger partial charge in [-0.25, -0.2) is 0 Å². The topological polar surface area (TPSA) is 76.2 Å². The summed E-state index contributed by atoms with van der Waals surface area (Å²) in [5.41, 5.74) is 3.00. The number of aryl methyl sites for hydroxylation is 1. The van der Waals surface area contributed by atoms with Crippen molar-refractivity contribution in [1.82, 2.24) is 20.0 Å². The zero-order valence-corrected chi connectivity index (χ0v) is 16.9. The first-order valence-corrected chi connectivity index (χ1v) is 10.3. The first-order valence-electron chi connectivity index (χ1n) is 10.3. The molecule has 28 heavy (non-hydrogen) atoms. The van der Waals surface area contributed by atoms with Gasteiger partial charge in [0.2, 0.25) is 0 Å². The van der Waals surface area contributed by atoms with Gasteiger partial charge >= 0.3 is 0 Å². The van der Waals surface area contributed by atoms with E-state index in [0.717, 1.165) is 42.4 Å². The Morgan fingerprint density at radius 2 is 2.04 bits per heavy atom. The maximum Gasteiger partial charge on any atom is 0.269 e. The summed E-state index contributed by atoms with van der Waals surface area (Å²) in [6.07, 6.45) is 8.45. The molecule has 0 spiro atoms. The summed E-state index contributed by atoms with van der Waals surface area (Å²) in [6, 6.07) is 7.33. The fourth-order valence-corrected chi connectivity index (χ4v) is 3.93. The molecule has 1 aliphatic rings. The monoisotopic (exact) mass is 385 g/mol. The zero-order chi connectivity index (χ0) is 19.9. The quantitative estimate of drug-likeness (QED) is 0.404. The Morgan fingerprint density at radius 3 is 2.75 bits per heavy atom. The Bertz CT molecular complexity index is 772. The lowest BCUT2D eigenvalue weighted by Gasteiger charge is -2.33. The molecule has 1 aromatic carbocycles. The molecule has 0 saturated carbocycles. The summed E-state index contributed by atoms with van der Waals surface area (Å²) >= 11 is 0. The third-order valence-electron chi connectivity index (χ3n) is 5.56. The van der Waals surface area contributed by atoms with Crippen LogP contribution < -0.4 is 5.32 Å². The van der Waals surface area contributed by atoms with Crippen molar-refractivity contribution in [3.8, 4) is 11.3 Å². The number of hydrogen-bond donors (Lipinski definition) is 1. The first kappa shape index (κ1) is 20.5. The van der Waals surface area contributed by atoms with Crippen molar-refractivity contribution in [3.05, 3.63) is 46.1 Å². The molecule has 1 unspecified atom stereocenters. The highest BCUT2D eigenvalue weighted by Gasteiger charge is 2.17. The van der Waals surface area contributed by atoms with Crippen LogP contribution in [0.3, 0.4) is 0 Å². The molecule has 0 aliphatic carbocycles. The van der Waals surface area contributed by atoms with Crippen LogP contribution in [0.4, 0.5) is 5.69 Å². The van der Waals surface area contributed by atoms with E-state index < -0.39 is 0 Å². The molecule has 1 N–H and O–H groups in total. The molecule has 7 nitrogen and oxygen atoms in total. The molecule has 1 fully saturated rings. The minimum Gasteiger partial charge on any atom is -0.313 e. The van der Waals surface area contributed by atoms with Crippen molar-refractivity contribution in [2.45, 2.75) is 51.6 Å². The molecular formula is C21H31N5O2. The van der Waals surface area contributed by atoms with Crippen molar-refractivity contribution in [2.24, 2.45) is 7.05 Å². The van der Waals surface area contributed by atoms with Crippen molar-refractivity contribution in [3.63, 3.8) is 0 Å². The van der Waals surface area contributed by atoms with Gasteiger partial charge in [-0.3, -0.25) is 14.8 Å². The Hall–Kier alpha value is -2.25. The number of nitrogens with one attached hydrogen (secondary N) is 1. The van der Waals surface area contributed by atoms with Crippen LogP contribution in [0.2, 0.25) is 0 Å². The van der Waals surface area contributed by atoms with E-state index in [1.165, 1.54) is 50.9 Å². The minimum absolute atomic E-state index is 0.0994.